The van der Waals surface area contributed by atoms with Crippen molar-refractivity contribution in [1.82, 2.24) is 9.78 Å². The van der Waals surface area contributed by atoms with Crippen molar-refractivity contribution in [3.05, 3.63) is 70.2 Å². The maximum absolute atomic E-state index is 12.5. The Morgan fingerprint density at radius 1 is 1.10 bits per heavy atom. The van der Waals surface area contributed by atoms with E-state index in [1.807, 2.05) is 41.8 Å². The van der Waals surface area contributed by atoms with Crippen molar-refractivity contribution < 1.29 is 9.59 Å². The van der Waals surface area contributed by atoms with E-state index in [2.05, 4.69) is 5.10 Å². The molecule has 3 aromatic rings. The third-order valence-corrected chi connectivity index (χ3v) is 3.93. The molecule has 0 radical (unpaired) electrons. The summed E-state index contributed by atoms with van der Waals surface area (Å²) in [5.41, 5.74) is 1.36. The Labute approximate surface area is 125 Å². The standard InChI is InChI=1S/C16H12N2O2S/c1-11(19)15-13(16(20)14-8-5-9-21-14)10-18(17-15)12-6-3-2-4-7-12/h2-10H,1H3. The molecule has 0 unspecified atom stereocenters. The van der Waals surface area contributed by atoms with Gasteiger partial charge in [-0.1, -0.05) is 24.3 Å². The van der Waals surface area contributed by atoms with Crippen molar-refractivity contribution in [2.45, 2.75) is 6.92 Å². The monoisotopic (exact) mass is 296 g/mol. The molecule has 2 aromatic heterocycles. The molecule has 0 atom stereocenters. The van der Waals surface area contributed by atoms with Gasteiger partial charge in [-0.2, -0.15) is 5.10 Å². The summed E-state index contributed by atoms with van der Waals surface area (Å²) in [4.78, 5) is 24.8. The molecule has 4 nitrogen and oxygen atoms in total. The van der Waals surface area contributed by atoms with E-state index in [1.54, 1.807) is 16.9 Å². The second-order valence-corrected chi connectivity index (χ2v) is 5.48. The van der Waals surface area contributed by atoms with Crippen LogP contribution in [0.2, 0.25) is 0 Å². The summed E-state index contributed by atoms with van der Waals surface area (Å²) >= 11 is 1.35. The molecular weight excluding hydrogens is 284 g/mol. The van der Waals surface area contributed by atoms with Gasteiger partial charge < -0.3 is 0 Å². The Morgan fingerprint density at radius 2 is 1.86 bits per heavy atom. The summed E-state index contributed by atoms with van der Waals surface area (Å²) in [6, 6.07) is 13.0. The number of thiophene rings is 1. The molecule has 0 bridgehead atoms. The van der Waals surface area contributed by atoms with Crippen LogP contribution in [0.3, 0.4) is 0 Å². The van der Waals surface area contributed by atoms with E-state index in [9.17, 15) is 9.59 Å². The summed E-state index contributed by atoms with van der Waals surface area (Å²) in [6.07, 6.45) is 1.62. The second-order valence-electron chi connectivity index (χ2n) is 4.53. The van der Waals surface area contributed by atoms with Gasteiger partial charge in [-0.05, 0) is 23.6 Å². The molecule has 104 valence electrons. The van der Waals surface area contributed by atoms with E-state index in [4.69, 9.17) is 0 Å². The van der Waals surface area contributed by atoms with Gasteiger partial charge in [0.15, 0.2) is 5.78 Å². The van der Waals surface area contributed by atoms with Gasteiger partial charge >= 0.3 is 0 Å². The Bertz CT molecular complexity index is 789. The fraction of sp³-hybridized carbons (Fsp3) is 0.0625. The SMILES string of the molecule is CC(=O)c1nn(-c2ccccc2)cc1C(=O)c1cccs1. The topological polar surface area (TPSA) is 52.0 Å². The zero-order valence-corrected chi connectivity index (χ0v) is 12.1. The lowest BCUT2D eigenvalue weighted by atomic mass is 10.1. The smallest absolute Gasteiger partial charge is 0.206 e. The molecule has 21 heavy (non-hydrogen) atoms. The van der Waals surface area contributed by atoms with Gasteiger partial charge in [-0.25, -0.2) is 4.68 Å². The Hall–Kier alpha value is -2.53. The lowest BCUT2D eigenvalue weighted by Gasteiger charge is -1.98. The molecule has 3 rings (SSSR count). The summed E-state index contributed by atoms with van der Waals surface area (Å²) < 4.78 is 1.57. The minimum absolute atomic E-state index is 0.169. The van der Waals surface area contributed by atoms with E-state index in [-0.39, 0.29) is 17.3 Å². The first-order chi connectivity index (χ1) is 10.2. The number of aromatic nitrogens is 2. The predicted molar refractivity (Wildman–Crippen MR) is 81.3 cm³/mol. The fourth-order valence-electron chi connectivity index (χ4n) is 2.05. The van der Waals surface area contributed by atoms with Crippen molar-refractivity contribution in [3.63, 3.8) is 0 Å². The molecule has 0 N–H and O–H groups in total. The average molecular weight is 296 g/mol. The van der Waals surface area contributed by atoms with Crippen LogP contribution in [-0.2, 0) is 0 Å². The number of Topliss-reactive ketones (excluding diaryl/α,β-unsaturated/α-hetero) is 1. The quantitative estimate of drug-likeness (QED) is 0.694. The van der Waals surface area contributed by atoms with Crippen LogP contribution in [0.1, 0.15) is 32.6 Å². The average Bonchev–Trinajstić information content (AvgIpc) is 3.17. The molecule has 0 amide bonds. The predicted octanol–water partition coefficient (Wildman–Crippen LogP) is 3.37. The molecule has 2 heterocycles. The summed E-state index contributed by atoms with van der Waals surface area (Å²) in [5, 5.41) is 6.10. The van der Waals surface area contributed by atoms with Crippen LogP contribution >= 0.6 is 11.3 Å². The van der Waals surface area contributed by atoms with Crippen molar-refractivity contribution in [2.75, 3.05) is 0 Å². The maximum atomic E-state index is 12.5. The normalized spacial score (nSPS) is 10.5. The molecule has 0 aliphatic heterocycles. The van der Waals surface area contributed by atoms with E-state index in [0.717, 1.165) is 5.69 Å². The van der Waals surface area contributed by atoms with E-state index < -0.39 is 0 Å². The number of hydrogen-bond acceptors (Lipinski definition) is 4. The highest BCUT2D eigenvalue weighted by atomic mass is 32.1. The number of nitrogens with zero attached hydrogens (tertiary/aromatic N) is 2. The first kappa shape index (κ1) is 13.5. The largest absolute Gasteiger partial charge is 0.293 e. The minimum Gasteiger partial charge on any atom is -0.293 e. The fourth-order valence-corrected chi connectivity index (χ4v) is 2.73. The minimum atomic E-state index is -0.218. The number of benzene rings is 1. The first-order valence-electron chi connectivity index (χ1n) is 6.41. The van der Waals surface area contributed by atoms with Crippen molar-refractivity contribution in [1.29, 1.82) is 0 Å². The highest BCUT2D eigenvalue weighted by molar-refractivity contribution is 7.12. The van der Waals surface area contributed by atoms with Crippen molar-refractivity contribution in [3.8, 4) is 5.69 Å². The molecule has 0 aliphatic rings. The molecule has 0 fully saturated rings. The third kappa shape index (κ3) is 2.55. The van der Waals surface area contributed by atoms with E-state index >= 15 is 0 Å². The number of rotatable bonds is 4. The van der Waals surface area contributed by atoms with Crippen LogP contribution in [-0.4, -0.2) is 21.3 Å². The molecule has 1 aromatic carbocycles. The van der Waals surface area contributed by atoms with Crippen LogP contribution in [0.25, 0.3) is 5.69 Å². The molecule has 0 spiro atoms. The first-order valence-corrected chi connectivity index (χ1v) is 7.29. The van der Waals surface area contributed by atoms with E-state index in [1.165, 1.54) is 18.3 Å². The zero-order chi connectivity index (χ0) is 14.8. The lowest BCUT2D eigenvalue weighted by Crippen LogP contribution is -2.05. The molecular formula is C16H12N2O2S. The van der Waals surface area contributed by atoms with Crippen LogP contribution in [0, 0.1) is 0 Å². The summed E-state index contributed by atoms with van der Waals surface area (Å²) in [6.45, 7) is 1.42. The van der Waals surface area contributed by atoms with E-state index in [0.29, 0.717) is 10.4 Å². The lowest BCUT2D eigenvalue weighted by molar-refractivity contribution is 0.0988. The second kappa shape index (κ2) is 5.46. The van der Waals surface area contributed by atoms with Gasteiger partial charge in [-0.15, -0.1) is 11.3 Å². The van der Waals surface area contributed by atoms with Crippen LogP contribution < -0.4 is 0 Å². The number of ketones is 2. The van der Waals surface area contributed by atoms with Gasteiger partial charge in [0.25, 0.3) is 0 Å². The van der Waals surface area contributed by atoms with Gasteiger partial charge in [0.05, 0.1) is 16.1 Å². The molecule has 0 saturated carbocycles. The highest BCUT2D eigenvalue weighted by Gasteiger charge is 2.21. The highest BCUT2D eigenvalue weighted by Crippen LogP contribution is 2.19. The summed E-state index contributed by atoms with van der Waals surface area (Å²) in [5.74, 6) is -0.387. The Morgan fingerprint density at radius 3 is 2.48 bits per heavy atom. The summed E-state index contributed by atoms with van der Waals surface area (Å²) in [7, 11) is 0. The van der Waals surface area contributed by atoms with Gasteiger partial charge in [-0.3, -0.25) is 9.59 Å². The van der Waals surface area contributed by atoms with Gasteiger partial charge in [0.2, 0.25) is 5.78 Å². The van der Waals surface area contributed by atoms with Gasteiger partial charge in [0, 0.05) is 13.1 Å². The number of para-hydroxylation sites is 1. The third-order valence-electron chi connectivity index (χ3n) is 3.06. The number of carbonyl (C=O) groups is 2. The van der Waals surface area contributed by atoms with Crippen LogP contribution in [0.4, 0.5) is 0 Å². The molecule has 0 aliphatic carbocycles. The van der Waals surface area contributed by atoms with Crippen LogP contribution in [0.5, 0.6) is 0 Å². The number of carbonyl (C=O) groups excluding carboxylic acids is 2. The van der Waals surface area contributed by atoms with Crippen LogP contribution in [0.15, 0.2) is 54.0 Å². The Balaban J connectivity index is 2.10. The molecule has 5 heteroatoms. The van der Waals surface area contributed by atoms with Gasteiger partial charge in [0.1, 0.15) is 5.69 Å². The van der Waals surface area contributed by atoms with Crippen molar-refractivity contribution >= 4 is 22.9 Å². The Kier molecular flexibility index (Phi) is 3.50. The molecule has 0 saturated heterocycles. The van der Waals surface area contributed by atoms with Crippen molar-refractivity contribution in [2.24, 2.45) is 0 Å². The zero-order valence-electron chi connectivity index (χ0n) is 11.3. The maximum Gasteiger partial charge on any atom is 0.206 e. The number of hydrogen-bond donors (Lipinski definition) is 0.